The van der Waals surface area contributed by atoms with Crippen molar-refractivity contribution in [2.24, 2.45) is 0 Å². The van der Waals surface area contributed by atoms with Crippen LogP contribution < -0.4 is 10.1 Å². The van der Waals surface area contributed by atoms with Crippen LogP contribution >= 0.6 is 0 Å². The van der Waals surface area contributed by atoms with Gasteiger partial charge in [0.2, 0.25) is 0 Å². The number of aromatic nitrogens is 1. The third-order valence-electron chi connectivity index (χ3n) is 5.18. The van der Waals surface area contributed by atoms with Gasteiger partial charge in [0.15, 0.2) is 5.60 Å². The van der Waals surface area contributed by atoms with Crippen molar-refractivity contribution in [2.45, 2.75) is 51.2 Å². The molecule has 3 heterocycles. The standard InChI is InChI=1S/C19H29N3O3/c1-3-22(14-16-6-5-13-24-16)18(23)19(8-11-20-12-9-19)25-17-7-4-10-21-15(17)2/h4,7,10,16,20H,3,5-6,8-9,11-14H2,1-2H3. The van der Waals surface area contributed by atoms with Gasteiger partial charge in [-0.05, 0) is 51.9 Å². The fourth-order valence-electron chi connectivity index (χ4n) is 3.66. The maximum Gasteiger partial charge on any atom is 0.266 e. The minimum atomic E-state index is -0.812. The molecule has 6 nitrogen and oxygen atoms in total. The summed E-state index contributed by atoms with van der Waals surface area (Å²) >= 11 is 0. The van der Waals surface area contributed by atoms with Gasteiger partial charge in [-0.1, -0.05) is 0 Å². The molecule has 1 atom stereocenters. The number of carbonyl (C=O) groups excluding carboxylic acids is 1. The lowest BCUT2D eigenvalue weighted by Gasteiger charge is -2.40. The van der Waals surface area contributed by atoms with Crippen LogP contribution in [0.15, 0.2) is 18.3 Å². The molecule has 25 heavy (non-hydrogen) atoms. The molecule has 1 aromatic rings. The predicted molar refractivity (Wildman–Crippen MR) is 95.7 cm³/mol. The van der Waals surface area contributed by atoms with Crippen LogP contribution in [0.2, 0.25) is 0 Å². The highest BCUT2D eigenvalue weighted by atomic mass is 16.5. The zero-order valence-corrected chi connectivity index (χ0v) is 15.3. The largest absolute Gasteiger partial charge is 0.475 e. The van der Waals surface area contributed by atoms with Crippen molar-refractivity contribution in [3.05, 3.63) is 24.0 Å². The fourth-order valence-corrected chi connectivity index (χ4v) is 3.66. The lowest BCUT2D eigenvalue weighted by molar-refractivity contribution is -0.152. The number of pyridine rings is 1. The summed E-state index contributed by atoms with van der Waals surface area (Å²) < 4.78 is 12.1. The summed E-state index contributed by atoms with van der Waals surface area (Å²) in [5.74, 6) is 0.779. The Kier molecular flexibility index (Phi) is 5.91. The van der Waals surface area contributed by atoms with Gasteiger partial charge in [-0.25, -0.2) is 0 Å². The molecule has 0 radical (unpaired) electrons. The van der Waals surface area contributed by atoms with Crippen LogP contribution in [0, 0.1) is 6.92 Å². The van der Waals surface area contributed by atoms with Gasteiger partial charge in [0.05, 0.1) is 11.8 Å². The van der Waals surface area contributed by atoms with Gasteiger partial charge in [0.1, 0.15) is 5.75 Å². The van der Waals surface area contributed by atoms with E-state index in [1.54, 1.807) is 6.20 Å². The molecule has 138 valence electrons. The number of likely N-dealkylation sites (N-methyl/N-ethyl adjacent to an activating group) is 1. The Morgan fingerprint density at radius 3 is 2.92 bits per heavy atom. The number of hydrogen-bond donors (Lipinski definition) is 1. The molecule has 2 aliphatic heterocycles. The molecule has 3 rings (SSSR count). The van der Waals surface area contributed by atoms with E-state index in [9.17, 15) is 4.79 Å². The number of piperidine rings is 1. The normalized spacial score (nSPS) is 22.6. The molecule has 6 heteroatoms. The van der Waals surface area contributed by atoms with Gasteiger partial charge in [-0.2, -0.15) is 0 Å². The highest BCUT2D eigenvalue weighted by molar-refractivity contribution is 5.86. The molecule has 0 saturated carbocycles. The molecule has 1 unspecified atom stereocenters. The van der Waals surface area contributed by atoms with Crippen LogP contribution in [0.3, 0.4) is 0 Å². The molecule has 0 spiro atoms. The Labute approximate surface area is 149 Å². The second-order valence-corrected chi connectivity index (χ2v) is 6.91. The lowest BCUT2D eigenvalue weighted by Crippen LogP contribution is -2.58. The van der Waals surface area contributed by atoms with Gasteiger partial charge in [0.25, 0.3) is 5.91 Å². The van der Waals surface area contributed by atoms with Crippen molar-refractivity contribution >= 4 is 5.91 Å². The lowest BCUT2D eigenvalue weighted by atomic mass is 9.90. The summed E-state index contributed by atoms with van der Waals surface area (Å²) in [4.78, 5) is 19.7. The quantitative estimate of drug-likeness (QED) is 0.852. The molecule has 2 saturated heterocycles. The number of aryl methyl sites for hydroxylation is 1. The number of carbonyl (C=O) groups is 1. The molecular formula is C19H29N3O3. The van der Waals surface area contributed by atoms with E-state index < -0.39 is 5.60 Å². The zero-order valence-electron chi connectivity index (χ0n) is 15.3. The smallest absolute Gasteiger partial charge is 0.266 e. The highest BCUT2D eigenvalue weighted by Gasteiger charge is 2.45. The molecule has 2 aliphatic rings. The van der Waals surface area contributed by atoms with E-state index in [0.29, 0.717) is 31.7 Å². The van der Waals surface area contributed by atoms with E-state index in [4.69, 9.17) is 9.47 Å². The van der Waals surface area contributed by atoms with Gasteiger partial charge in [0, 0.05) is 38.7 Å². The predicted octanol–water partition coefficient (Wildman–Crippen LogP) is 1.92. The Morgan fingerprint density at radius 2 is 2.28 bits per heavy atom. The van der Waals surface area contributed by atoms with Gasteiger partial charge in [-0.3, -0.25) is 9.78 Å². The zero-order chi connectivity index (χ0) is 17.7. The second kappa shape index (κ2) is 8.15. The summed E-state index contributed by atoms with van der Waals surface area (Å²) in [5.41, 5.74) is 0.00332. The van der Waals surface area contributed by atoms with E-state index >= 15 is 0 Å². The van der Waals surface area contributed by atoms with Crippen molar-refractivity contribution in [1.82, 2.24) is 15.2 Å². The Hall–Kier alpha value is -1.66. The van der Waals surface area contributed by atoms with Crippen LogP contribution in [0.5, 0.6) is 5.75 Å². The number of hydrogen-bond acceptors (Lipinski definition) is 5. The molecule has 0 aromatic carbocycles. The number of rotatable bonds is 6. The van der Waals surface area contributed by atoms with Gasteiger partial charge < -0.3 is 19.7 Å². The fraction of sp³-hybridized carbons (Fsp3) is 0.684. The summed E-state index contributed by atoms with van der Waals surface area (Å²) in [6.45, 7) is 7.63. The van der Waals surface area contributed by atoms with Crippen molar-refractivity contribution in [2.75, 3.05) is 32.8 Å². The topological polar surface area (TPSA) is 63.7 Å². The molecule has 1 N–H and O–H groups in total. The number of nitrogens with one attached hydrogen (secondary N) is 1. The van der Waals surface area contributed by atoms with Crippen LogP contribution in [0.4, 0.5) is 0 Å². The van der Waals surface area contributed by atoms with Crippen molar-refractivity contribution in [3.8, 4) is 5.75 Å². The van der Waals surface area contributed by atoms with Crippen LogP contribution in [-0.2, 0) is 9.53 Å². The number of ether oxygens (including phenoxy) is 2. The van der Waals surface area contributed by atoms with Gasteiger partial charge >= 0.3 is 0 Å². The van der Waals surface area contributed by atoms with Crippen LogP contribution in [0.25, 0.3) is 0 Å². The first-order chi connectivity index (χ1) is 12.1. The molecular weight excluding hydrogens is 318 g/mol. The first kappa shape index (κ1) is 18.1. The number of amides is 1. The van der Waals surface area contributed by atoms with Gasteiger partial charge in [-0.15, -0.1) is 0 Å². The first-order valence-electron chi connectivity index (χ1n) is 9.37. The van der Waals surface area contributed by atoms with E-state index in [-0.39, 0.29) is 12.0 Å². The summed E-state index contributed by atoms with van der Waals surface area (Å²) in [6, 6.07) is 3.75. The first-order valence-corrected chi connectivity index (χ1v) is 9.37. The Balaban J connectivity index is 1.80. The second-order valence-electron chi connectivity index (χ2n) is 6.91. The van der Waals surface area contributed by atoms with Crippen molar-refractivity contribution < 1.29 is 14.3 Å². The van der Waals surface area contributed by atoms with Crippen LogP contribution in [0.1, 0.15) is 38.3 Å². The monoisotopic (exact) mass is 347 g/mol. The molecule has 0 bridgehead atoms. The number of nitrogens with zero attached hydrogens (tertiary/aromatic N) is 2. The maximum absolute atomic E-state index is 13.5. The third kappa shape index (κ3) is 4.12. The summed E-state index contributed by atoms with van der Waals surface area (Å²) in [7, 11) is 0. The van der Waals surface area contributed by atoms with E-state index in [2.05, 4.69) is 10.3 Å². The molecule has 2 fully saturated rings. The van der Waals surface area contributed by atoms with E-state index in [0.717, 1.165) is 38.2 Å². The minimum absolute atomic E-state index is 0.0789. The molecule has 1 aromatic heterocycles. The molecule has 0 aliphatic carbocycles. The minimum Gasteiger partial charge on any atom is -0.475 e. The third-order valence-corrected chi connectivity index (χ3v) is 5.18. The average Bonchev–Trinajstić information content (AvgIpc) is 3.15. The van der Waals surface area contributed by atoms with Crippen molar-refractivity contribution in [3.63, 3.8) is 0 Å². The summed E-state index contributed by atoms with van der Waals surface area (Å²) in [5, 5.41) is 3.33. The Bertz CT molecular complexity index is 581. The average molecular weight is 347 g/mol. The van der Waals surface area contributed by atoms with Crippen molar-refractivity contribution in [1.29, 1.82) is 0 Å². The SMILES string of the molecule is CCN(CC1CCCO1)C(=O)C1(Oc2cccnc2C)CCNCC1. The maximum atomic E-state index is 13.5. The summed E-state index contributed by atoms with van der Waals surface area (Å²) in [6.07, 6.45) is 5.35. The van der Waals surface area contributed by atoms with E-state index in [1.165, 1.54) is 0 Å². The molecule has 1 amide bonds. The van der Waals surface area contributed by atoms with E-state index in [1.807, 2.05) is 30.9 Å². The Morgan fingerprint density at radius 1 is 1.48 bits per heavy atom. The van der Waals surface area contributed by atoms with Crippen LogP contribution in [-0.4, -0.2) is 60.3 Å². The highest BCUT2D eigenvalue weighted by Crippen LogP contribution is 2.30.